The number of aliphatic imine (C=N–C) groups is 2. The molecule has 1 aromatic rings. The van der Waals surface area contributed by atoms with Crippen LogP contribution < -0.4 is 5.73 Å². The Morgan fingerprint density at radius 1 is 1.51 bits per heavy atom. The summed E-state index contributed by atoms with van der Waals surface area (Å²) in [5, 5.41) is 2.38. The van der Waals surface area contributed by atoms with E-state index in [1.54, 1.807) is 35.7 Å². The molecule has 1 fully saturated rings. The summed E-state index contributed by atoms with van der Waals surface area (Å²) >= 11 is 9.80. The van der Waals surface area contributed by atoms with Gasteiger partial charge in [-0.25, -0.2) is 8.78 Å². The van der Waals surface area contributed by atoms with E-state index < -0.39 is 23.6 Å². The van der Waals surface area contributed by atoms with Crippen LogP contribution in [-0.4, -0.2) is 53.3 Å². The standard InChI is InChI=1S/C25H27ClF2N4OS2/c1-15(27)30-8-7-19(29)22-20-11-25(13-33,14-34-2)12-32(20)24(21-4-3-9-35-21)31-23(22)17-6-5-16(28)10-18(17)26/h3,5-10,13,15,21,23H,4,11-12,14,29H2,1-2H3/b19-7-,30-8+/t15?,21?,23-,25+/m0/s1. The van der Waals surface area contributed by atoms with Gasteiger partial charge in [-0.05, 0) is 43.2 Å². The van der Waals surface area contributed by atoms with Crippen molar-refractivity contribution in [1.82, 2.24) is 4.90 Å². The van der Waals surface area contributed by atoms with Gasteiger partial charge in [0.25, 0.3) is 0 Å². The molecule has 3 aliphatic heterocycles. The second-order valence-corrected chi connectivity index (χ2v) is 11.2. The summed E-state index contributed by atoms with van der Waals surface area (Å²) in [5.74, 6) is 1.06. The molecule has 2 unspecified atom stereocenters. The second kappa shape index (κ2) is 10.9. The Balaban J connectivity index is 1.91. The van der Waals surface area contributed by atoms with E-state index in [0.29, 0.717) is 35.6 Å². The van der Waals surface area contributed by atoms with Crippen molar-refractivity contribution in [2.24, 2.45) is 21.1 Å². The Kier molecular flexibility index (Phi) is 8.08. The Bertz CT molecular complexity index is 1140. The lowest BCUT2D eigenvalue weighted by molar-refractivity contribution is -0.114. The number of benzene rings is 1. The molecule has 3 heterocycles. The average molecular weight is 537 g/mol. The van der Waals surface area contributed by atoms with Crippen LogP contribution in [0.1, 0.15) is 31.4 Å². The molecule has 35 heavy (non-hydrogen) atoms. The number of alkyl halides is 1. The predicted octanol–water partition coefficient (Wildman–Crippen LogP) is 5.69. The minimum atomic E-state index is -1.37. The minimum absolute atomic E-state index is 0.0872. The number of fused-ring (bicyclic) bond motifs is 1. The average Bonchev–Trinajstić information content (AvgIpc) is 3.47. The van der Waals surface area contributed by atoms with Crippen molar-refractivity contribution < 1.29 is 13.6 Å². The molecule has 1 aromatic carbocycles. The van der Waals surface area contributed by atoms with E-state index in [2.05, 4.69) is 21.4 Å². The number of nitrogens with zero attached hydrogens (tertiary/aromatic N) is 3. The Labute approximate surface area is 217 Å². The van der Waals surface area contributed by atoms with Crippen molar-refractivity contribution in [2.75, 3.05) is 18.6 Å². The third-order valence-corrected chi connectivity index (χ3v) is 8.49. The van der Waals surface area contributed by atoms with Gasteiger partial charge in [0.2, 0.25) is 0 Å². The van der Waals surface area contributed by atoms with Crippen LogP contribution in [0.25, 0.3) is 0 Å². The van der Waals surface area contributed by atoms with Crippen LogP contribution in [0.3, 0.4) is 0 Å². The van der Waals surface area contributed by atoms with E-state index in [1.165, 1.54) is 25.3 Å². The number of thioether (sulfide) groups is 2. The molecule has 0 bridgehead atoms. The molecule has 186 valence electrons. The Morgan fingerprint density at radius 2 is 2.31 bits per heavy atom. The first-order chi connectivity index (χ1) is 16.8. The maximum Gasteiger partial charge on any atom is 0.187 e. The molecule has 0 aliphatic carbocycles. The molecule has 10 heteroatoms. The van der Waals surface area contributed by atoms with E-state index in [4.69, 9.17) is 22.3 Å². The molecule has 0 radical (unpaired) electrons. The maximum absolute atomic E-state index is 13.9. The van der Waals surface area contributed by atoms with Crippen LogP contribution in [0.15, 0.2) is 62.7 Å². The number of halogens is 3. The SMILES string of the molecule is CSC[C@]1(C=O)CC2=C(/C(N)=C/C=N/C(C)F)[C@H](c3ccc(F)cc3Cl)N=C(C3CC=CS3)N2C1. The third kappa shape index (κ3) is 5.37. The normalized spacial score (nSPS) is 27.5. The molecule has 3 aliphatic rings. The minimum Gasteiger partial charge on any atom is -0.398 e. The van der Waals surface area contributed by atoms with E-state index in [0.717, 1.165) is 24.2 Å². The van der Waals surface area contributed by atoms with Crippen molar-refractivity contribution in [3.8, 4) is 0 Å². The number of nitrogens with two attached hydrogens (primary N) is 1. The first-order valence-corrected chi connectivity index (χ1v) is 13.9. The number of hydrogen-bond donors (Lipinski definition) is 1. The van der Waals surface area contributed by atoms with Gasteiger partial charge in [0.1, 0.15) is 24.0 Å². The zero-order valence-corrected chi connectivity index (χ0v) is 21.8. The van der Waals surface area contributed by atoms with Crippen LogP contribution in [0, 0.1) is 11.2 Å². The number of amidine groups is 1. The lowest BCUT2D eigenvalue weighted by Crippen LogP contribution is -2.41. The first-order valence-electron chi connectivity index (χ1n) is 11.2. The van der Waals surface area contributed by atoms with Crippen LogP contribution >= 0.6 is 35.1 Å². The zero-order chi connectivity index (χ0) is 25.2. The fourth-order valence-corrected chi connectivity index (χ4v) is 6.74. The molecule has 4 atom stereocenters. The second-order valence-electron chi connectivity index (χ2n) is 8.82. The summed E-state index contributed by atoms with van der Waals surface area (Å²) in [4.78, 5) is 23.4. The molecule has 1 saturated heterocycles. The van der Waals surface area contributed by atoms with E-state index in [9.17, 15) is 13.6 Å². The van der Waals surface area contributed by atoms with Gasteiger partial charge in [0, 0.05) is 52.5 Å². The van der Waals surface area contributed by atoms with Crippen molar-refractivity contribution in [3.63, 3.8) is 0 Å². The van der Waals surface area contributed by atoms with Gasteiger partial charge < -0.3 is 15.4 Å². The van der Waals surface area contributed by atoms with Crippen molar-refractivity contribution >= 4 is 53.5 Å². The number of rotatable bonds is 8. The lowest BCUT2D eigenvalue weighted by Gasteiger charge is -2.36. The van der Waals surface area contributed by atoms with Gasteiger partial charge in [-0.2, -0.15) is 11.8 Å². The number of hydrogen-bond acceptors (Lipinski definition) is 7. The monoisotopic (exact) mass is 536 g/mol. The number of allylic oxidation sites excluding steroid dienone is 3. The van der Waals surface area contributed by atoms with Gasteiger partial charge >= 0.3 is 0 Å². The van der Waals surface area contributed by atoms with Gasteiger partial charge in [-0.15, -0.1) is 11.8 Å². The quantitative estimate of drug-likeness (QED) is 0.262. The fraction of sp³-hybridized carbons (Fsp3) is 0.400. The van der Waals surface area contributed by atoms with Crippen LogP contribution in [0.5, 0.6) is 0 Å². The Morgan fingerprint density at radius 3 is 2.94 bits per heavy atom. The van der Waals surface area contributed by atoms with Gasteiger partial charge in [-0.3, -0.25) is 9.98 Å². The molecular formula is C25H27ClF2N4OS2. The largest absolute Gasteiger partial charge is 0.398 e. The summed E-state index contributed by atoms with van der Waals surface area (Å²) in [7, 11) is 0. The van der Waals surface area contributed by atoms with E-state index in [1.807, 2.05) is 6.26 Å². The van der Waals surface area contributed by atoms with Crippen LogP contribution in [0.4, 0.5) is 8.78 Å². The van der Waals surface area contributed by atoms with E-state index in [-0.39, 0.29) is 10.3 Å². The van der Waals surface area contributed by atoms with Crippen LogP contribution in [0.2, 0.25) is 5.02 Å². The van der Waals surface area contributed by atoms with E-state index >= 15 is 0 Å². The summed E-state index contributed by atoms with van der Waals surface area (Å²) in [6.07, 6.45) is 7.93. The zero-order valence-electron chi connectivity index (χ0n) is 19.5. The topological polar surface area (TPSA) is 71.0 Å². The molecule has 0 saturated carbocycles. The van der Waals surface area contributed by atoms with Gasteiger partial charge in [0.15, 0.2) is 6.30 Å². The third-order valence-electron chi connectivity index (χ3n) is 6.21. The van der Waals surface area contributed by atoms with Crippen molar-refractivity contribution in [2.45, 2.75) is 37.4 Å². The highest BCUT2D eigenvalue weighted by atomic mass is 35.5. The van der Waals surface area contributed by atoms with Gasteiger partial charge in [0.05, 0.1) is 10.7 Å². The molecular weight excluding hydrogens is 510 g/mol. The highest BCUT2D eigenvalue weighted by molar-refractivity contribution is 8.03. The Hall–Kier alpha value is -2.10. The molecule has 0 spiro atoms. The molecule has 0 aromatic heterocycles. The number of carbonyl (C=O) groups excluding carboxylic acids is 1. The molecule has 4 rings (SSSR count). The summed E-state index contributed by atoms with van der Waals surface area (Å²) < 4.78 is 27.2. The van der Waals surface area contributed by atoms with Gasteiger partial charge in [-0.1, -0.05) is 23.7 Å². The fourth-order valence-electron chi connectivity index (χ4n) is 4.69. The number of aldehydes is 1. The lowest BCUT2D eigenvalue weighted by atomic mass is 9.87. The maximum atomic E-state index is 13.9. The molecule has 0 amide bonds. The smallest absolute Gasteiger partial charge is 0.187 e. The first kappa shape index (κ1) is 26.0. The summed E-state index contributed by atoms with van der Waals surface area (Å²) in [6.45, 7) is 1.83. The highest BCUT2D eigenvalue weighted by Gasteiger charge is 2.48. The summed E-state index contributed by atoms with van der Waals surface area (Å²) in [5.41, 5.74) is 8.51. The predicted molar refractivity (Wildman–Crippen MR) is 143 cm³/mol. The number of carbonyl (C=O) groups is 1. The summed E-state index contributed by atoms with van der Waals surface area (Å²) in [6, 6.07) is 3.63. The van der Waals surface area contributed by atoms with Crippen molar-refractivity contribution in [3.05, 3.63) is 69.1 Å². The highest BCUT2D eigenvalue weighted by Crippen LogP contribution is 2.49. The molecule has 5 nitrogen and oxygen atoms in total. The van der Waals surface area contributed by atoms with Crippen LogP contribution in [-0.2, 0) is 4.79 Å². The van der Waals surface area contributed by atoms with Crippen molar-refractivity contribution in [1.29, 1.82) is 0 Å². The molecule has 2 N–H and O–H groups in total.